The molecule has 0 atom stereocenters. The van der Waals surface area contributed by atoms with E-state index in [1.54, 1.807) is 37.3 Å². The molecule has 1 amide bonds. The minimum absolute atomic E-state index is 0.0295. The number of pyridine rings is 1. The van der Waals surface area contributed by atoms with E-state index in [9.17, 15) is 14.9 Å². The molecule has 1 N–H and O–H groups in total. The smallest absolute Gasteiger partial charge is 0.266 e. The number of hydrogen-bond acceptors (Lipinski definition) is 5. The quantitative estimate of drug-likeness (QED) is 0.528. The van der Waals surface area contributed by atoms with Gasteiger partial charge in [0.05, 0.1) is 10.6 Å². The third kappa shape index (κ3) is 3.69. The summed E-state index contributed by atoms with van der Waals surface area (Å²) in [6.45, 7) is 1.65. The van der Waals surface area contributed by atoms with E-state index in [0.29, 0.717) is 11.3 Å². The Morgan fingerprint density at radius 3 is 2.76 bits per heavy atom. The number of nitrogens with zero attached hydrogens (tertiary/aromatic N) is 3. The zero-order chi connectivity index (χ0) is 15.2. The monoisotopic (exact) mass is 284 g/mol. The lowest BCUT2D eigenvalue weighted by molar-refractivity contribution is -0.384. The molecule has 0 spiro atoms. The molecule has 1 aromatic carbocycles. The Balaban J connectivity index is 2.13. The number of hydrazone groups is 1. The highest BCUT2D eigenvalue weighted by molar-refractivity contribution is 6.00. The van der Waals surface area contributed by atoms with Gasteiger partial charge in [0.25, 0.3) is 11.6 Å². The van der Waals surface area contributed by atoms with Crippen molar-refractivity contribution in [3.8, 4) is 0 Å². The molecular formula is C14H12N4O3. The van der Waals surface area contributed by atoms with Gasteiger partial charge in [-0.25, -0.2) is 5.43 Å². The lowest BCUT2D eigenvalue weighted by atomic mass is 10.1. The molecule has 0 aliphatic heterocycles. The summed E-state index contributed by atoms with van der Waals surface area (Å²) in [6.07, 6.45) is 1.51. The number of nitro groups is 1. The van der Waals surface area contributed by atoms with E-state index in [2.05, 4.69) is 15.5 Å². The lowest BCUT2D eigenvalue weighted by Gasteiger charge is -2.02. The summed E-state index contributed by atoms with van der Waals surface area (Å²) in [5, 5.41) is 14.6. The highest BCUT2D eigenvalue weighted by Gasteiger charge is 2.08. The van der Waals surface area contributed by atoms with E-state index < -0.39 is 10.8 Å². The molecule has 0 aliphatic carbocycles. The van der Waals surface area contributed by atoms with Gasteiger partial charge in [-0.1, -0.05) is 18.2 Å². The van der Waals surface area contributed by atoms with Gasteiger partial charge in [0.1, 0.15) is 5.69 Å². The molecule has 2 aromatic rings. The Hall–Kier alpha value is -3.09. The summed E-state index contributed by atoms with van der Waals surface area (Å²) in [6, 6.07) is 11.0. The van der Waals surface area contributed by atoms with E-state index in [4.69, 9.17) is 0 Å². The number of benzene rings is 1. The van der Waals surface area contributed by atoms with Crippen LogP contribution in [0.4, 0.5) is 5.69 Å². The first-order chi connectivity index (χ1) is 10.1. The first kappa shape index (κ1) is 14.3. The van der Waals surface area contributed by atoms with Crippen LogP contribution in [0, 0.1) is 10.1 Å². The van der Waals surface area contributed by atoms with Crippen molar-refractivity contribution in [1.82, 2.24) is 10.4 Å². The Bertz CT molecular complexity index is 698. The second kappa shape index (κ2) is 6.38. The fraction of sp³-hybridized carbons (Fsp3) is 0.0714. The third-order valence-electron chi connectivity index (χ3n) is 2.70. The van der Waals surface area contributed by atoms with Crippen LogP contribution in [-0.4, -0.2) is 21.5 Å². The van der Waals surface area contributed by atoms with Crippen LogP contribution in [0.2, 0.25) is 0 Å². The second-order valence-electron chi connectivity index (χ2n) is 4.16. The number of non-ortho nitro benzene ring substituents is 1. The molecule has 0 bridgehead atoms. The van der Waals surface area contributed by atoms with Crippen molar-refractivity contribution >= 4 is 17.3 Å². The summed E-state index contributed by atoms with van der Waals surface area (Å²) in [5.41, 5.74) is 3.60. The zero-order valence-electron chi connectivity index (χ0n) is 11.2. The molecule has 106 valence electrons. The minimum Gasteiger partial charge on any atom is -0.266 e. The van der Waals surface area contributed by atoms with Gasteiger partial charge in [-0.05, 0) is 19.1 Å². The van der Waals surface area contributed by atoms with Crippen LogP contribution < -0.4 is 5.43 Å². The van der Waals surface area contributed by atoms with Gasteiger partial charge in [0.2, 0.25) is 0 Å². The standard InChI is InChI=1S/C14H12N4O3/c1-10(11-5-4-6-12(9-11)18(20)21)16-17-14(19)13-7-2-3-8-15-13/h2-9H,1H3,(H,17,19). The van der Waals surface area contributed by atoms with Gasteiger partial charge in [0.15, 0.2) is 0 Å². The molecule has 7 nitrogen and oxygen atoms in total. The van der Waals surface area contributed by atoms with E-state index in [0.717, 1.165) is 0 Å². The van der Waals surface area contributed by atoms with Gasteiger partial charge in [-0.15, -0.1) is 0 Å². The summed E-state index contributed by atoms with van der Waals surface area (Å²) < 4.78 is 0. The Labute approximate surface area is 120 Å². The van der Waals surface area contributed by atoms with Gasteiger partial charge in [-0.2, -0.15) is 5.10 Å². The highest BCUT2D eigenvalue weighted by Crippen LogP contribution is 2.13. The summed E-state index contributed by atoms with van der Waals surface area (Å²) in [4.78, 5) is 25.9. The topological polar surface area (TPSA) is 97.5 Å². The van der Waals surface area contributed by atoms with Crippen LogP contribution in [-0.2, 0) is 0 Å². The maximum absolute atomic E-state index is 11.8. The van der Waals surface area contributed by atoms with Gasteiger partial charge >= 0.3 is 0 Å². The number of carbonyl (C=O) groups excluding carboxylic acids is 1. The number of hydrogen-bond donors (Lipinski definition) is 1. The average Bonchev–Trinajstić information content (AvgIpc) is 2.53. The fourth-order valence-corrected chi connectivity index (χ4v) is 1.60. The third-order valence-corrected chi connectivity index (χ3v) is 2.70. The Kier molecular flexibility index (Phi) is 4.35. The number of amides is 1. The van der Waals surface area contributed by atoms with Crippen molar-refractivity contribution < 1.29 is 9.72 Å². The van der Waals surface area contributed by atoms with Crippen LogP contribution in [0.3, 0.4) is 0 Å². The number of carbonyl (C=O) groups is 1. The first-order valence-corrected chi connectivity index (χ1v) is 6.08. The molecule has 0 aliphatic rings. The maximum Gasteiger partial charge on any atom is 0.289 e. The van der Waals surface area contributed by atoms with Crippen molar-refractivity contribution in [2.24, 2.45) is 5.10 Å². The van der Waals surface area contributed by atoms with E-state index >= 15 is 0 Å². The van der Waals surface area contributed by atoms with Crippen LogP contribution in [0.1, 0.15) is 23.0 Å². The largest absolute Gasteiger partial charge is 0.289 e. The molecule has 0 fully saturated rings. The molecular weight excluding hydrogens is 272 g/mol. The summed E-state index contributed by atoms with van der Waals surface area (Å²) in [5.74, 6) is -0.444. The molecule has 2 rings (SSSR count). The van der Waals surface area contributed by atoms with Crippen molar-refractivity contribution in [2.45, 2.75) is 6.92 Å². The average molecular weight is 284 g/mol. The molecule has 1 heterocycles. The molecule has 0 saturated heterocycles. The van der Waals surface area contributed by atoms with Crippen molar-refractivity contribution in [3.05, 3.63) is 70.0 Å². The summed E-state index contributed by atoms with van der Waals surface area (Å²) in [7, 11) is 0. The normalized spacial score (nSPS) is 11.0. The molecule has 21 heavy (non-hydrogen) atoms. The second-order valence-corrected chi connectivity index (χ2v) is 4.16. The minimum atomic E-state index is -0.483. The molecule has 0 radical (unpaired) electrons. The molecule has 7 heteroatoms. The predicted molar refractivity (Wildman–Crippen MR) is 77.0 cm³/mol. The maximum atomic E-state index is 11.8. The molecule has 0 unspecified atom stereocenters. The number of nitrogens with one attached hydrogen (secondary N) is 1. The van der Waals surface area contributed by atoms with Crippen LogP contribution in [0.5, 0.6) is 0 Å². The predicted octanol–water partition coefficient (Wildman–Crippen LogP) is 2.14. The Morgan fingerprint density at radius 2 is 2.10 bits per heavy atom. The van der Waals surface area contributed by atoms with E-state index in [-0.39, 0.29) is 11.4 Å². The van der Waals surface area contributed by atoms with Crippen molar-refractivity contribution in [1.29, 1.82) is 0 Å². The van der Waals surface area contributed by atoms with Crippen LogP contribution in [0.25, 0.3) is 0 Å². The van der Waals surface area contributed by atoms with Crippen LogP contribution >= 0.6 is 0 Å². The number of rotatable bonds is 4. The lowest BCUT2D eigenvalue weighted by Crippen LogP contribution is -2.20. The fourth-order valence-electron chi connectivity index (χ4n) is 1.60. The Morgan fingerprint density at radius 1 is 1.29 bits per heavy atom. The molecule has 1 aromatic heterocycles. The SMILES string of the molecule is CC(=NNC(=O)c1ccccn1)c1cccc([N+](=O)[O-])c1. The van der Waals surface area contributed by atoms with Crippen molar-refractivity contribution in [3.63, 3.8) is 0 Å². The molecule has 0 saturated carbocycles. The van der Waals surface area contributed by atoms with Gasteiger partial charge in [-0.3, -0.25) is 19.9 Å². The summed E-state index contributed by atoms with van der Waals surface area (Å²) >= 11 is 0. The number of aromatic nitrogens is 1. The zero-order valence-corrected chi connectivity index (χ0v) is 11.2. The van der Waals surface area contributed by atoms with Gasteiger partial charge < -0.3 is 0 Å². The van der Waals surface area contributed by atoms with E-state index in [1.807, 2.05) is 0 Å². The number of nitro benzene ring substituents is 1. The van der Waals surface area contributed by atoms with Gasteiger partial charge in [0, 0.05) is 23.9 Å². The van der Waals surface area contributed by atoms with Crippen molar-refractivity contribution in [2.75, 3.05) is 0 Å². The van der Waals surface area contributed by atoms with Crippen LogP contribution in [0.15, 0.2) is 53.8 Å². The van der Waals surface area contributed by atoms with E-state index in [1.165, 1.54) is 18.3 Å². The highest BCUT2D eigenvalue weighted by atomic mass is 16.6. The first-order valence-electron chi connectivity index (χ1n) is 6.08.